The maximum absolute atomic E-state index is 14.4. The molecular formula is C22H30ClF. The predicted molar refractivity (Wildman–Crippen MR) is 102 cm³/mol. The Kier molecular flexibility index (Phi) is 6.02. The van der Waals surface area contributed by atoms with Crippen molar-refractivity contribution in [3.8, 4) is 0 Å². The summed E-state index contributed by atoms with van der Waals surface area (Å²) in [5, 5.41) is 0.480. The molecule has 0 heterocycles. The van der Waals surface area contributed by atoms with Gasteiger partial charge in [0.05, 0.1) is 0 Å². The standard InChI is InChI=1S/C22H30ClF/c1-3-16-5-8-18(9-6-16)17-7-4-15(2)20(12-10-17)21-13-11-19(23)14-22(21)24/h11,13-14,16-18H,3-10,12H2,1-2H3. The lowest BCUT2D eigenvalue weighted by molar-refractivity contribution is 0.188. The van der Waals surface area contributed by atoms with Crippen LogP contribution in [0.15, 0.2) is 23.8 Å². The van der Waals surface area contributed by atoms with Crippen LogP contribution >= 0.6 is 11.6 Å². The highest BCUT2D eigenvalue weighted by Gasteiger charge is 2.29. The molecule has 0 spiro atoms. The van der Waals surface area contributed by atoms with Gasteiger partial charge >= 0.3 is 0 Å². The zero-order valence-corrected chi connectivity index (χ0v) is 15.8. The third-order valence-corrected chi connectivity index (χ3v) is 6.80. The van der Waals surface area contributed by atoms with E-state index in [4.69, 9.17) is 11.6 Å². The topological polar surface area (TPSA) is 0 Å². The number of halogens is 2. The molecule has 0 bridgehead atoms. The quantitative estimate of drug-likeness (QED) is 0.526. The van der Waals surface area contributed by atoms with Crippen LogP contribution in [0.2, 0.25) is 5.02 Å². The summed E-state index contributed by atoms with van der Waals surface area (Å²) in [5.41, 5.74) is 3.38. The lowest BCUT2D eigenvalue weighted by Crippen LogP contribution is -2.21. The Morgan fingerprint density at radius 1 is 1.00 bits per heavy atom. The Morgan fingerprint density at radius 3 is 2.33 bits per heavy atom. The normalized spacial score (nSPS) is 28.8. The van der Waals surface area contributed by atoms with Gasteiger partial charge in [-0.25, -0.2) is 4.39 Å². The van der Waals surface area contributed by atoms with E-state index in [1.54, 1.807) is 0 Å². The first-order valence-corrected chi connectivity index (χ1v) is 10.1. The van der Waals surface area contributed by atoms with E-state index in [2.05, 4.69) is 13.8 Å². The van der Waals surface area contributed by atoms with Crippen LogP contribution in [-0.2, 0) is 0 Å². The summed E-state index contributed by atoms with van der Waals surface area (Å²) in [6.45, 7) is 4.52. The van der Waals surface area contributed by atoms with Crippen molar-refractivity contribution in [2.75, 3.05) is 0 Å². The first-order chi connectivity index (χ1) is 11.6. The molecule has 1 unspecified atom stereocenters. The lowest BCUT2D eigenvalue weighted by Gasteiger charge is -2.33. The molecule has 1 fully saturated rings. The number of allylic oxidation sites excluding steroid dienone is 2. The van der Waals surface area contributed by atoms with Gasteiger partial charge in [0.25, 0.3) is 0 Å². The van der Waals surface area contributed by atoms with Crippen LogP contribution in [0.4, 0.5) is 4.39 Å². The number of rotatable bonds is 3. The first-order valence-electron chi connectivity index (χ1n) is 9.72. The molecule has 0 N–H and O–H groups in total. The SMILES string of the molecule is CCC1CCC(C2CCC(C)=C(c3ccc(Cl)cc3F)CC2)CC1. The first kappa shape index (κ1) is 18.0. The van der Waals surface area contributed by atoms with Gasteiger partial charge in [-0.3, -0.25) is 0 Å². The van der Waals surface area contributed by atoms with Gasteiger partial charge in [-0.05, 0) is 80.9 Å². The van der Waals surface area contributed by atoms with E-state index in [1.807, 2.05) is 12.1 Å². The van der Waals surface area contributed by atoms with E-state index in [0.717, 1.165) is 36.2 Å². The van der Waals surface area contributed by atoms with Crippen molar-refractivity contribution in [1.29, 1.82) is 0 Å². The van der Waals surface area contributed by atoms with Crippen molar-refractivity contribution in [2.24, 2.45) is 17.8 Å². The van der Waals surface area contributed by atoms with E-state index in [0.29, 0.717) is 5.02 Å². The number of hydrogen-bond acceptors (Lipinski definition) is 0. The second-order valence-corrected chi connectivity index (χ2v) is 8.35. The van der Waals surface area contributed by atoms with Crippen LogP contribution < -0.4 is 0 Å². The molecule has 2 heteroatoms. The molecule has 1 aromatic carbocycles. The molecule has 1 saturated carbocycles. The molecule has 0 saturated heterocycles. The van der Waals surface area contributed by atoms with Crippen molar-refractivity contribution in [3.63, 3.8) is 0 Å². The molecule has 1 aromatic rings. The fraction of sp³-hybridized carbons (Fsp3) is 0.636. The summed E-state index contributed by atoms with van der Waals surface area (Å²) in [5.74, 6) is 2.52. The largest absolute Gasteiger partial charge is 0.206 e. The molecule has 2 aliphatic carbocycles. The predicted octanol–water partition coefficient (Wildman–Crippen LogP) is 7.66. The van der Waals surface area contributed by atoms with Gasteiger partial charge in [0, 0.05) is 10.6 Å². The zero-order chi connectivity index (χ0) is 17.1. The highest BCUT2D eigenvalue weighted by molar-refractivity contribution is 6.30. The second-order valence-electron chi connectivity index (χ2n) is 7.91. The molecule has 24 heavy (non-hydrogen) atoms. The Labute approximate surface area is 151 Å². The molecule has 0 amide bonds. The number of hydrogen-bond donors (Lipinski definition) is 0. The molecule has 0 radical (unpaired) electrons. The van der Waals surface area contributed by atoms with E-state index < -0.39 is 0 Å². The van der Waals surface area contributed by atoms with Crippen LogP contribution in [0.5, 0.6) is 0 Å². The highest BCUT2D eigenvalue weighted by atomic mass is 35.5. The van der Waals surface area contributed by atoms with Crippen LogP contribution in [0.1, 0.15) is 77.2 Å². The maximum Gasteiger partial charge on any atom is 0.132 e. The van der Waals surface area contributed by atoms with Crippen molar-refractivity contribution in [2.45, 2.75) is 71.6 Å². The average molecular weight is 349 g/mol. The third-order valence-electron chi connectivity index (χ3n) is 6.56. The molecule has 0 nitrogen and oxygen atoms in total. The molecule has 132 valence electrons. The molecular weight excluding hydrogens is 319 g/mol. The van der Waals surface area contributed by atoms with Crippen molar-refractivity contribution < 1.29 is 4.39 Å². The average Bonchev–Trinajstić information content (AvgIpc) is 2.77. The Morgan fingerprint density at radius 2 is 1.67 bits per heavy atom. The zero-order valence-electron chi connectivity index (χ0n) is 15.1. The maximum atomic E-state index is 14.4. The summed E-state index contributed by atoms with van der Waals surface area (Å²) in [6, 6.07) is 5.13. The van der Waals surface area contributed by atoms with Gasteiger partial charge in [0.15, 0.2) is 0 Å². The smallest absolute Gasteiger partial charge is 0.132 e. The second kappa shape index (κ2) is 8.04. The lowest BCUT2D eigenvalue weighted by atomic mass is 9.72. The molecule has 1 atom stereocenters. The van der Waals surface area contributed by atoms with E-state index >= 15 is 0 Å². The Hall–Kier alpha value is -0.820. The van der Waals surface area contributed by atoms with Crippen molar-refractivity contribution in [1.82, 2.24) is 0 Å². The fourth-order valence-electron chi connectivity index (χ4n) is 4.88. The Bertz CT molecular complexity index is 596. The minimum Gasteiger partial charge on any atom is -0.206 e. The van der Waals surface area contributed by atoms with Crippen LogP contribution in [0.25, 0.3) is 5.57 Å². The van der Waals surface area contributed by atoms with Gasteiger partial charge in [-0.1, -0.05) is 49.4 Å². The van der Waals surface area contributed by atoms with Gasteiger partial charge in [0.2, 0.25) is 0 Å². The highest BCUT2D eigenvalue weighted by Crippen LogP contribution is 2.43. The summed E-state index contributed by atoms with van der Waals surface area (Å²) in [7, 11) is 0. The van der Waals surface area contributed by atoms with Gasteiger partial charge in [-0.2, -0.15) is 0 Å². The summed E-state index contributed by atoms with van der Waals surface area (Å²) >= 11 is 5.92. The summed E-state index contributed by atoms with van der Waals surface area (Å²) in [4.78, 5) is 0. The van der Waals surface area contributed by atoms with E-state index in [9.17, 15) is 4.39 Å². The van der Waals surface area contributed by atoms with Gasteiger partial charge in [-0.15, -0.1) is 0 Å². The minimum atomic E-state index is -0.168. The number of benzene rings is 1. The monoisotopic (exact) mass is 348 g/mol. The van der Waals surface area contributed by atoms with E-state index in [-0.39, 0.29) is 5.82 Å². The Balaban J connectivity index is 1.68. The molecule has 3 rings (SSSR count). The van der Waals surface area contributed by atoms with Crippen LogP contribution in [0.3, 0.4) is 0 Å². The van der Waals surface area contributed by atoms with Gasteiger partial charge < -0.3 is 0 Å². The van der Waals surface area contributed by atoms with Crippen LogP contribution in [0, 0.1) is 23.6 Å². The van der Waals surface area contributed by atoms with Crippen molar-refractivity contribution >= 4 is 17.2 Å². The molecule has 0 aromatic heterocycles. The molecule has 0 aliphatic heterocycles. The minimum absolute atomic E-state index is 0.168. The van der Waals surface area contributed by atoms with E-state index in [1.165, 1.54) is 62.2 Å². The van der Waals surface area contributed by atoms with Crippen molar-refractivity contribution in [3.05, 3.63) is 40.2 Å². The fourth-order valence-corrected chi connectivity index (χ4v) is 5.04. The summed E-state index contributed by atoms with van der Waals surface area (Å²) in [6.07, 6.45) is 11.6. The van der Waals surface area contributed by atoms with Gasteiger partial charge in [0.1, 0.15) is 5.82 Å². The third kappa shape index (κ3) is 4.04. The van der Waals surface area contributed by atoms with Crippen LogP contribution in [-0.4, -0.2) is 0 Å². The molecule has 2 aliphatic rings. The summed E-state index contributed by atoms with van der Waals surface area (Å²) < 4.78 is 14.4.